The van der Waals surface area contributed by atoms with Crippen molar-refractivity contribution in [2.24, 2.45) is 5.41 Å². The fourth-order valence-corrected chi connectivity index (χ4v) is 2.86. The summed E-state index contributed by atoms with van der Waals surface area (Å²) in [5, 5.41) is 10.5. The Labute approximate surface area is 108 Å². The summed E-state index contributed by atoms with van der Waals surface area (Å²) < 4.78 is 19.0. The highest BCUT2D eigenvalue weighted by Gasteiger charge is 2.36. The first-order chi connectivity index (χ1) is 8.57. The van der Waals surface area contributed by atoms with Gasteiger partial charge in [0.05, 0.1) is 13.2 Å². The number of ether oxygens (including phenoxy) is 1. The minimum Gasteiger partial charge on any atom is -0.497 e. The van der Waals surface area contributed by atoms with E-state index in [1.165, 1.54) is 19.6 Å². The Morgan fingerprint density at radius 1 is 1.28 bits per heavy atom. The Morgan fingerprint density at radius 2 is 1.94 bits per heavy atom. The first-order valence-corrected chi connectivity index (χ1v) is 6.58. The first-order valence-electron chi connectivity index (χ1n) is 6.58. The van der Waals surface area contributed by atoms with Crippen molar-refractivity contribution >= 4 is 0 Å². The lowest BCUT2D eigenvalue weighted by molar-refractivity contribution is 0.00582. The second kappa shape index (κ2) is 5.27. The molecule has 0 amide bonds. The molecule has 18 heavy (non-hydrogen) atoms. The molecule has 0 radical (unpaired) electrons. The van der Waals surface area contributed by atoms with Crippen LogP contribution in [-0.2, 0) is 0 Å². The second-order valence-corrected chi connectivity index (χ2v) is 5.50. The van der Waals surface area contributed by atoms with Crippen LogP contribution in [-0.4, -0.2) is 12.2 Å². The fourth-order valence-electron chi connectivity index (χ4n) is 2.86. The van der Waals surface area contributed by atoms with Gasteiger partial charge in [-0.15, -0.1) is 0 Å². The lowest BCUT2D eigenvalue weighted by Gasteiger charge is -2.38. The van der Waals surface area contributed by atoms with Gasteiger partial charge in [-0.05, 0) is 30.4 Å². The van der Waals surface area contributed by atoms with Crippen LogP contribution in [0.15, 0.2) is 18.2 Å². The van der Waals surface area contributed by atoms with Crippen LogP contribution in [0.5, 0.6) is 5.75 Å². The van der Waals surface area contributed by atoms with E-state index < -0.39 is 6.10 Å². The highest BCUT2D eigenvalue weighted by atomic mass is 19.1. The smallest absolute Gasteiger partial charge is 0.132 e. The largest absolute Gasteiger partial charge is 0.497 e. The monoisotopic (exact) mass is 252 g/mol. The average Bonchev–Trinajstić information content (AvgIpc) is 2.38. The van der Waals surface area contributed by atoms with Crippen LogP contribution in [0, 0.1) is 11.2 Å². The van der Waals surface area contributed by atoms with Crippen molar-refractivity contribution in [3.63, 3.8) is 0 Å². The van der Waals surface area contributed by atoms with Crippen molar-refractivity contribution in [1.29, 1.82) is 0 Å². The lowest BCUT2D eigenvalue weighted by atomic mass is 9.70. The summed E-state index contributed by atoms with van der Waals surface area (Å²) in [7, 11) is 1.51. The highest BCUT2D eigenvalue weighted by Crippen LogP contribution is 2.46. The molecular formula is C15H21FO2. The molecule has 1 unspecified atom stereocenters. The summed E-state index contributed by atoms with van der Waals surface area (Å²) in [5.41, 5.74) is 0.188. The Balaban J connectivity index is 2.24. The van der Waals surface area contributed by atoms with Crippen LogP contribution >= 0.6 is 0 Å². The molecule has 1 aliphatic carbocycles. The summed E-state index contributed by atoms with van der Waals surface area (Å²) in [6.45, 7) is 2.06. The molecule has 1 N–H and O–H groups in total. The quantitative estimate of drug-likeness (QED) is 0.885. The van der Waals surface area contributed by atoms with Gasteiger partial charge in [0.2, 0.25) is 0 Å². The van der Waals surface area contributed by atoms with E-state index in [1.54, 1.807) is 12.1 Å². The molecule has 2 nitrogen and oxygen atoms in total. The first kappa shape index (κ1) is 13.3. The zero-order valence-electron chi connectivity index (χ0n) is 11.1. The Kier molecular flexibility index (Phi) is 3.91. The zero-order chi connectivity index (χ0) is 13.2. The number of aliphatic hydroxyl groups is 1. The van der Waals surface area contributed by atoms with E-state index in [9.17, 15) is 9.50 Å². The average molecular weight is 252 g/mol. The number of halogens is 1. The van der Waals surface area contributed by atoms with Gasteiger partial charge in [-0.2, -0.15) is 0 Å². The number of hydrogen-bond donors (Lipinski definition) is 1. The molecule has 0 aliphatic heterocycles. The van der Waals surface area contributed by atoms with Gasteiger partial charge in [0, 0.05) is 11.6 Å². The van der Waals surface area contributed by atoms with E-state index in [-0.39, 0.29) is 11.2 Å². The molecule has 3 heteroatoms. The maximum absolute atomic E-state index is 14.0. The van der Waals surface area contributed by atoms with E-state index in [4.69, 9.17) is 4.74 Å². The van der Waals surface area contributed by atoms with E-state index in [0.717, 1.165) is 25.7 Å². The maximum Gasteiger partial charge on any atom is 0.132 e. The molecule has 1 aromatic carbocycles. The van der Waals surface area contributed by atoms with Crippen molar-refractivity contribution in [3.8, 4) is 5.75 Å². The highest BCUT2D eigenvalue weighted by molar-refractivity contribution is 5.31. The number of aliphatic hydroxyl groups excluding tert-OH is 1. The standard InChI is InChI=1S/C15H21FO2/c1-15(8-4-3-5-9-15)14(17)12-7-6-11(18-2)10-13(12)16/h6-7,10,14,17H,3-5,8-9H2,1-2H3. The molecule has 0 bridgehead atoms. The third kappa shape index (κ3) is 2.51. The zero-order valence-corrected chi connectivity index (χ0v) is 11.1. The van der Waals surface area contributed by atoms with Crippen LogP contribution in [0.4, 0.5) is 4.39 Å². The van der Waals surface area contributed by atoms with Crippen LogP contribution in [0.2, 0.25) is 0 Å². The molecule has 1 aliphatic rings. The number of hydrogen-bond acceptors (Lipinski definition) is 2. The van der Waals surface area contributed by atoms with Crippen molar-refractivity contribution in [2.75, 3.05) is 7.11 Å². The van der Waals surface area contributed by atoms with Crippen LogP contribution < -0.4 is 4.74 Å². The van der Waals surface area contributed by atoms with Gasteiger partial charge in [-0.3, -0.25) is 0 Å². The molecule has 2 rings (SSSR count). The Morgan fingerprint density at radius 3 is 2.50 bits per heavy atom. The molecular weight excluding hydrogens is 231 g/mol. The maximum atomic E-state index is 14.0. The van der Waals surface area contributed by atoms with Gasteiger partial charge >= 0.3 is 0 Å². The van der Waals surface area contributed by atoms with Gasteiger partial charge in [-0.25, -0.2) is 4.39 Å². The lowest BCUT2D eigenvalue weighted by Crippen LogP contribution is -2.28. The molecule has 1 aromatic rings. The summed E-state index contributed by atoms with van der Waals surface area (Å²) in [5.74, 6) is 0.103. The predicted octanol–water partition coefficient (Wildman–Crippen LogP) is 3.84. The number of rotatable bonds is 3. The van der Waals surface area contributed by atoms with Gasteiger partial charge in [-0.1, -0.05) is 26.2 Å². The normalized spacial score (nSPS) is 20.4. The van der Waals surface area contributed by atoms with E-state index >= 15 is 0 Å². The van der Waals surface area contributed by atoms with Crippen molar-refractivity contribution in [1.82, 2.24) is 0 Å². The van der Waals surface area contributed by atoms with E-state index in [2.05, 4.69) is 6.92 Å². The van der Waals surface area contributed by atoms with Crippen LogP contribution in [0.3, 0.4) is 0 Å². The van der Waals surface area contributed by atoms with Crippen molar-refractivity contribution < 1.29 is 14.2 Å². The third-order valence-electron chi connectivity index (χ3n) is 4.16. The summed E-state index contributed by atoms with van der Waals surface area (Å²) in [6, 6.07) is 4.68. The Hall–Kier alpha value is -1.09. The topological polar surface area (TPSA) is 29.5 Å². The van der Waals surface area contributed by atoms with Gasteiger partial charge < -0.3 is 9.84 Å². The molecule has 0 aromatic heterocycles. The van der Waals surface area contributed by atoms with E-state index in [1.807, 2.05) is 0 Å². The molecule has 0 spiro atoms. The van der Waals surface area contributed by atoms with Crippen molar-refractivity contribution in [2.45, 2.75) is 45.1 Å². The van der Waals surface area contributed by atoms with E-state index in [0.29, 0.717) is 11.3 Å². The molecule has 0 saturated heterocycles. The summed E-state index contributed by atoms with van der Waals surface area (Å²) in [4.78, 5) is 0. The minimum atomic E-state index is -0.733. The van der Waals surface area contributed by atoms with Gasteiger partial charge in [0.1, 0.15) is 11.6 Å². The van der Waals surface area contributed by atoms with Crippen LogP contribution in [0.25, 0.3) is 0 Å². The van der Waals surface area contributed by atoms with Gasteiger partial charge in [0.15, 0.2) is 0 Å². The molecule has 1 fully saturated rings. The molecule has 100 valence electrons. The summed E-state index contributed by atoms with van der Waals surface area (Å²) in [6.07, 6.45) is 4.63. The molecule has 0 heterocycles. The minimum absolute atomic E-state index is 0.201. The fraction of sp³-hybridized carbons (Fsp3) is 0.600. The molecule has 1 saturated carbocycles. The number of methoxy groups -OCH3 is 1. The molecule has 1 atom stereocenters. The predicted molar refractivity (Wildman–Crippen MR) is 69.1 cm³/mol. The number of benzene rings is 1. The third-order valence-corrected chi connectivity index (χ3v) is 4.16. The second-order valence-electron chi connectivity index (χ2n) is 5.50. The van der Waals surface area contributed by atoms with Crippen LogP contribution in [0.1, 0.15) is 50.7 Å². The Bertz CT molecular complexity index is 411. The van der Waals surface area contributed by atoms with Gasteiger partial charge in [0.25, 0.3) is 0 Å². The SMILES string of the molecule is COc1ccc(C(O)C2(C)CCCCC2)c(F)c1. The summed E-state index contributed by atoms with van der Waals surface area (Å²) >= 11 is 0. The van der Waals surface area contributed by atoms with Crippen molar-refractivity contribution in [3.05, 3.63) is 29.6 Å².